The van der Waals surface area contributed by atoms with Gasteiger partial charge in [0.25, 0.3) is 0 Å². The van der Waals surface area contributed by atoms with E-state index in [1.807, 2.05) is 19.1 Å². The van der Waals surface area contributed by atoms with E-state index in [4.69, 9.17) is 10.8 Å². The van der Waals surface area contributed by atoms with Crippen LogP contribution >= 0.6 is 11.3 Å². The normalized spacial score (nSPS) is 11.0. The molecular formula is C15H22N3OS+. The summed E-state index contributed by atoms with van der Waals surface area (Å²) < 4.78 is 2.29. The topological polar surface area (TPSA) is 63.0 Å². The Bertz CT molecular complexity index is 607. The number of anilines is 1. The second kappa shape index (κ2) is 6.33. The molecule has 2 heterocycles. The Labute approximate surface area is 123 Å². The lowest BCUT2D eigenvalue weighted by Crippen LogP contribution is -2.39. The summed E-state index contributed by atoms with van der Waals surface area (Å²) in [4.78, 5) is 5.58. The molecule has 0 radical (unpaired) electrons. The van der Waals surface area contributed by atoms with Crippen LogP contribution < -0.4 is 10.3 Å². The maximum atomic E-state index is 9.15. The van der Waals surface area contributed by atoms with Crippen molar-refractivity contribution >= 4 is 17.2 Å². The molecule has 2 aromatic rings. The van der Waals surface area contributed by atoms with Crippen molar-refractivity contribution in [3.8, 4) is 0 Å². The summed E-state index contributed by atoms with van der Waals surface area (Å²) in [7, 11) is 0. The van der Waals surface area contributed by atoms with E-state index in [0.29, 0.717) is 5.82 Å². The number of aromatic nitrogens is 2. The van der Waals surface area contributed by atoms with E-state index >= 15 is 0 Å². The van der Waals surface area contributed by atoms with Crippen molar-refractivity contribution in [2.75, 3.05) is 12.3 Å². The molecule has 5 heteroatoms. The number of aliphatic hydroxyl groups excluding tert-OH is 1. The number of nitrogens with two attached hydrogens (primary N) is 1. The van der Waals surface area contributed by atoms with Crippen LogP contribution in [-0.2, 0) is 19.4 Å². The van der Waals surface area contributed by atoms with Crippen LogP contribution in [0.15, 0.2) is 12.1 Å². The molecule has 3 N–H and O–H groups in total. The van der Waals surface area contributed by atoms with Crippen molar-refractivity contribution in [1.29, 1.82) is 0 Å². The molecule has 4 nitrogen and oxygen atoms in total. The summed E-state index contributed by atoms with van der Waals surface area (Å²) in [6, 6.07) is 4.04. The minimum Gasteiger partial charge on any atom is -0.396 e. The summed E-state index contributed by atoms with van der Waals surface area (Å²) in [5.41, 5.74) is 9.23. The molecule has 0 saturated carbocycles. The van der Waals surface area contributed by atoms with Gasteiger partial charge < -0.3 is 10.8 Å². The molecule has 0 aliphatic carbocycles. The molecule has 0 saturated heterocycles. The lowest BCUT2D eigenvalue weighted by Gasteiger charge is -2.04. The van der Waals surface area contributed by atoms with E-state index < -0.39 is 0 Å². The van der Waals surface area contributed by atoms with Crippen LogP contribution in [0.3, 0.4) is 0 Å². The number of pyridine rings is 1. The Balaban J connectivity index is 2.37. The first-order valence-electron chi connectivity index (χ1n) is 6.90. The van der Waals surface area contributed by atoms with E-state index in [1.54, 1.807) is 11.3 Å². The first-order valence-corrected chi connectivity index (χ1v) is 7.72. The van der Waals surface area contributed by atoms with Gasteiger partial charge in [-0.25, -0.2) is 4.98 Å². The maximum Gasteiger partial charge on any atom is 0.237 e. The van der Waals surface area contributed by atoms with E-state index in [9.17, 15) is 0 Å². The van der Waals surface area contributed by atoms with E-state index in [1.165, 1.54) is 15.6 Å². The van der Waals surface area contributed by atoms with Gasteiger partial charge in [0, 0.05) is 32.1 Å². The van der Waals surface area contributed by atoms with Crippen LogP contribution in [0.2, 0.25) is 0 Å². The number of nitrogens with zero attached hydrogens (tertiary/aromatic N) is 2. The predicted octanol–water partition coefficient (Wildman–Crippen LogP) is 1.78. The Morgan fingerprint density at radius 3 is 2.70 bits per heavy atom. The van der Waals surface area contributed by atoms with Crippen molar-refractivity contribution in [1.82, 2.24) is 4.98 Å². The van der Waals surface area contributed by atoms with Gasteiger partial charge in [-0.15, -0.1) is 0 Å². The fourth-order valence-corrected chi connectivity index (χ4v) is 3.51. The van der Waals surface area contributed by atoms with Crippen molar-refractivity contribution < 1.29 is 9.67 Å². The van der Waals surface area contributed by atoms with Crippen molar-refractivity contribution in [3.63, 3.8) is 0 Å². The largest absolute Gasteiger partial charge is 0.396 e. The van der Waals surface area contributed by atoms with E-state index in [2.05, 4.69) is 23.4 Å². The molecule has 0 amide bonds. The average molecular weight is 292 g/mol. The molecule has 0 fully saturated rings. The lowest BCUT2D eigenvalue weighted by atomic mass is 10.2. The molecule has 108 valence electrons. The van der Waals surface area contributed by atoms with Crippen LogP contribution in [-0.4, -0.2) is 16.7 Å². The number of aryl methyl sites for hydroxylation is 2. The van der Waals surface area contributed by atoms with Gasteiger partial charge in [-0.2, -0.15) is 4.57 Å². The third-order valence-electron chi connectivity index (χ3n) is 3.47. The number of aliphatic hydroxyl groups is 1. The van der Waals surface area contributed by atoms with E-state index in [-0.39, 0.29) is 6.61 Å². The Kier molecular flexibility index (Phi) is 4.73. The summed E-state index contributed by atoms with van der Waals surface area (Å²) in [6.45, 7) is 7.15. The van der Waals surface area contributed by atoms with Crippen LogP contribution in [0.1, 0.15) is 33.8 Å². The third-order valence-corrected chi connectivity index (χ3v) is 4.96. The molecule has 0 aromatic carbocycles. The highest BCUT2D eigenvalue weighted by molar-refractivity contribution is 7.11. The van der Waals surface area contributed by atoms with Gasteiger partial charge in [-0.3, -0.25) is 0 Å². The number of nitrogen functional groups attached to an aromatic ring is 1. The molecule has 2 aromatic heterocycles. The first kappa shape index (κ1) is 14.9. The van der Waals surface area contributed by atoms with Gasteiger partial charge in [-0.05, 0) is 19.1 Å². The molecule has 0 atom stereocenters. The quantitative estimate of drug-likeness (QED) is 0.826. The molecule has 2 rings (SSSR count). The molecule has 0 spiro atoms. The maximum absolute atomic E-state index is 9.15. The highest BCUT2D eigenvalue weighted by Crippen LogP contribution is 2.19. The Hall–Kier alpha value is -1.46. The molecular weight excluding hydrogens is 270 g/mol. The highest BCUT2D eigenvalue weighted by atomic mass is 32.1. The summed E-state index contributed by atoms with van der Waals surface area (Å²) in [6.07, 6.45) is 1.70. The minimum absolute atomic E-state index is 0.193. The number of rotatable bonds is 5. The SMILES string of the molecule is CCc1sc(CCO)c(C)[n+]1Cc1ccc(C)nc1N. The van der Waals surface area contributed by atoms with Crippen molar-refractivity contribution in [2.45, 2.75) is 40.2 Å². The second-order valence-corrected chi connectivity index (χ2v) is 6.08. The summed E-state index contributed by atoms with van der Waals surface area (Å²) >= 11 is 1.78. The Morgan fingerprint density at radius 1 is 1.35 bits per heavy atom. The fourth-order valence-electron chi connectivity index (χ4n) is 2.32. The standard InChI is InChI=1S/C15H22N3OS/c1-4-14-18(11(3)13(20-14)7-8-19)9-12-6-5-10(2)17-15(12)16/h5-6,19H,4,7-9H2,1-3H3,(H2,16,17)/q+1. The third kappa shape index (κ3) is 2.99. The van der Waals surface area contributed by atoms with Gasteiger partial charge in [-0.1, -0.05) is 18.3 Å². The zero-order valence-corrected chi connectivity index (χ0v) is 13.1. The number of hydrogen-bond acceptors (Lipinski definition) is 4. The lowest BCUT2D eigenvalue weighted by molar-refractivity contribution is -0.696. The van der Waals surface area contributed by atoms with E-state index in [0.717, 1.165) is 30.6 Å². The van der Waals surface area contributed by atoms with Crippen LogP contribution in [0.5, 0.6) is 0 Å². The fraction of sp³-hybridized carbons (Fsp3) is 0.467. The summed E-state index contributed by atoms with van der Waals surface area (Å²) in [5, 5.41) is 10.5. The highest BCUT2D eigenvalue weighted by Gasteiger charge is 2.22. The minimum atomic E-state index is 0.193. The smallest absolute Gasteiger partial charge is 0.237 e. The van der Waals surface area contributed by atoms with Crippen LogP contribution in [0.4, 0.5) is 5.82 Å². The monoisotopic (exact) mass is 292 g/mol. The van der Waals surface area contributed by atoms with Gasteiger partial charge in [0.15, 0.2) is 12.2 Å². The summed E-state index contributed by atoms with van der Waals surface area (Å²) in [5.74, 6) is 0.605. The van der Waals surface area contributed by atoms with Gasteiger partial charge >= 0.3 is 0 Å². The molecule has 20 heavy (non-hydrogen) atoms. The van der Waals surface area contributed by atoms with Crippen LogP contribution in [0.25, 0.3) is 0 Å². The second-order valence-electron chi connectivity index (χ2n) is 4.91. The molecule has 0 unspecified atom stereocenters. The predicted molar refractivity (Wildman–Crippen MR) is 81.9 cm³/mol. The number of hydrogen-bond donors (Lipinski definition) is 2. The number of thiazole rings is 1. The Morgan fingerprint density at radius 2 is 2.10 bits per heavy atom. The zero-order chi connectivity index (χ0) is 14.7. The molecule has 0 aliphatic rings. The van der Waals surface area contributed by atoms with Crippen LogP contribution in [0, 0.1) is 13.8 Å². The first-order chi connectivity index (χ1) is 9.56. The van der Waals surface area contributed by atoms with Crippen molar-refractivity contribution in [3.05, 3.63) is 39.0 Å². The van der Waals surface area contributed by atoms with Gasteiger partial charge in [0.1, 0.15) is 5.82 Å². The molecule has 0 bridgehead atoms. The van der Waals surface area contributed by atoms with Crippen molar-refractivity contribution in [2.24, 2.45) is 0 Å². The van der Waals surface area contributed by atoms with Gasteiger partial charge in [0.05, 0.1) is 10.4 Å². The van der Waals surface area contributed by atoms with Gasteiger partial charge in [0.2, 0.25) is 5.01 Å². The molecule has 0 aliphatic heterocycles. The average Bonchev–Trinajstić information content (AvgIpc) is 2.71. The zero-order valence-electron chi connectivity index (χ0n) is 12.3.